The van der Waals surface area contributed by atoms with Crippen molar-refractivity contribution in [3.8, 4) is 5.75 Å². The molecule has 0 aliphatic heterocycles. The fourth-order valence-electron chi connectivity index (χ4n) is 0.527. The van der Waals surface area contributed by atoms with Gasteiger partial charge in [0, 0.05) is 23.1 Å². The molecular weight excluding hydrogens is 200 g/mol. The first-order valence-electron chi connectivity index (χ1n) is 2.65. The molecule has 0 amide bonds. The van der Waals surface area contributed by atoms with Crippen LogP contribution in [0.5, 0.6) is 5.75 Å². The number of rotatable bonds is 1. The van der Waals surface area contributed by atoms with E-state index in [4.69, 9.17) is 10.2 Å². The average Bonchev–Trinajstić information content (AvgIpc) is 1.95. The molecule has 1 radical (unpaired) electrons. The van der Waals surface area contributed by atoms with E-state index in [1.165, 1.54) is 0 Å². The fraction of sp³-hybridized carbons (Fsp3) is 0.167. The van der Waals surface area contributed by atoms with Crippen LogP contribution < -0.4 is 5.43 Å². The van der Waals surface area contributed by atoms with Crippen molar-refractivity contribution in [2.75, 3.05) is 0 Å². The summed E-state index contributed by atoms with van der Waals surface area (Å²) in [7, 11) is 0. The van der Waals surface area contributed by atoms with Gasteiger partial charge in [0.2, 0.25) is 5.43 Å². The van der Waals surface area contributed by atoms with Crippen molar-refractivity contribution in [2.45, 2.75) is 6.61 Å². The molecule has 0 spiro atoms. The van der Waals surface area contributed by atoms with Crippen molar-refractivity contribution >= 4 is 0 Å². The summed E-state index contributed by atoms with van der Waals surface area (Å²) in [5.41, 5.74) is -0.546. The van der Waals surface area contributed by atoms with Crippen LogP contribution in [0.1, 0.15) is 5.76 Å². The molecule has 65 valence electrons. The Bertz CT molecular complexity index is 280. The summed E-state index contributed by atoms with van der Waals surface area (Å²) in [5, 5.41) is 17.1. The van der Waals surface area contributed by atoms with Gasteiger partial charge in [-0.25, -0.2) is 0 Å². The number of hydrogen-bond acceptors (Lipinski definition) is 4. The molecule has 0 saturated carbocycles. The molecule has 1 aromatic heterocycles. The van der Waals surface area contributed by atoms with Gasteiger partial charge in [0.1, 0.15) is 18.6 Å². The molecule has 0 bridgehead atoms. The molecular formula is C6H6CuO4. The second kappa shape index (κ2) is 4.18. The van der Waals surface area contributed by atoms with Gasteiger partial charge in [-0.15, -0.1) is 0 Å². The zero-order valence-electron chi connectivity index (χ0n) is 5.37. The van der Waals surface area contributed by atoms with E-state index in [0.717, 1.165) is 12.3 Å². The Hall–Kier alpha value is -0.771. The minimum atomic E-state index is -0.546. The Morgan fingerprint density at radius 1 is 1.55 bits per heavy atom. The first kappa shape index (κ1) is 10.2. The second-order valence-electron chi connectivity index (χ2n) is 1.75. The summed E-state index contributed by atoms with van der Waals surface area (Å²) in [6.45, 7) is -0.338. The maximum absolute atomic E-state index is 10.6. The van der Waals surface area contributed by atoms with Crippen LogP contribution in [0.4, 0.5) is 0 Å². The molecule has 11 heavy (non-hydrogen) atoms. The van der Waals surface area contributed by atoms with Crippen molar-refractivity contribution in [1.29, 1.82) is 0 Å². The SMILES string of the molecule is O=c1cc(CO)occ1O.[Cu]. The molecule has 0 aromatic carbocycles. The maximum Gasteiger partial charge on any atom is 0.226 e. The van der Waals surface area contributed by atoms with E-state index in [0.29, 0.717) is 0 Å². The maximum atomic E-state index is 10.6. The van der Waals surface area contributed by atoms with Gasteiger partial charge in [-0.2, -0.15) is 0 Å². The zero-order chi connectivity index (χ0) is 7.56. The summed E-state index contributed by atoms with van der Waals surface area (Å²) < 4.78 is 4.59. The first-order valence-corrected chi connectivity index (χ1v) is 2.65. The summed E-state index contributed by atoms with van der Waals surface area (Å²) in [4.78, 5) is 10.6. The fourth-order valence-corrected chi connectivity index (χ4v) is 0.527. The van der Waals surface area contributed by atoms with Gasteiger partial charge >= 0.3 is 0 Å². The van der Waals surface area contributed by atoms with Gasteiger partial charge < -0.3 is 14.6 Å². The van der Waals surface area contributed by atoms with Gasteiger partial charge in [0.15, 0.2) is 5.75 Å². The Morgan fingerprint density at radius 2 is 2.18 bits per heavy atom. The normalized spacial score (nSPS) is 8.82. The molecule has 2 N–H and O–H groups in total. The third-order valence-electron chi connectivity index (χ3n) is 1.02. The van der Waals surface area contributed by atoms with Crippen molar-refractivity contribution in [3.63, 3.8) is 0 Å². The van der Waals surface area contributed by atoms with Crippen LogP contribution in [0, 0.1) is 0 Å². The van der Waals surface area contributed by atoms with Crippen molar-refractivity contribution in [3.05, 3.63) is 28.3 Å². The Labute approximate surface area is 72.9 Å². The quantitative estimate of drug-likeness (QED) is 0.625. The predicted octanol–water partition coefficient (Wildman–Crippen LogP) is -0.165. The molecule has 1 rings (SSSR count). The molecule has 4 nitrogen and oxygen atoms in total. The second-order valence-corrected chi connectivity index (χ2v) is 1.75. The van der Waals surface area contributed by atoms with Crippen molar-refractivity contribution in [2.24, 2.45) is 0 Å². The summed E-state index contributed by atoms with van der Waals surface area (Å²) in [5.74, 6) is -0.306. The molecule has 0 aliphatic carbocycles. The predicted molar refractivity (Wildman–Crippen MR) is 32.6 cm³/mol. The first-order chi connectivity index (χ1) is 4.74. The van der Waals surface area contributed by atoms with Crippen LogP contribution in [0.2, 0.25) is 0 Å². The third kappa shape index (κ3) is 2.38. The monoisotopic (exact) mass is 205 g/mol. The number of hydrogen-bond donors (Lipinski definition) is 2. The van der Waals surface area contributed by atoms with Crippen molar-refractivity contribution < 1.29 is 31.7 Å². The van der Waals surface area contributed by atoms with E-state index in [1.807, 2.05) is 0 Å². The summed E-state index contributed by atoms with van der Waals surface area (Å²) in [6, 6.07) is 1.04. The molecule has 0 unspecified atom stereocenters. The van der Waals surface area contributed by atoms with Gasteiger partial charge in [-0.1, -0.05) is 0 Å². The van der Waals surface area contributed by atoms with E-state index in [2.05, 4.69) is 4.42 Å². The molecule has 0 atom stereocenters. The molecule has 0 saturated heterocycles. The topological polar surface area (TPSA) is 70.7 Å². The zero-order valence-corrected chi connectivity index (χ0v) is 6.32. The summed E-state index contributed by atoms with van der Waals surface area (Å²) >= 11 is 0. The van der Waals surface area contributed by atoms with Crippen LogP contribution >= 0.6 is 0 Å². The Morgan fingerprint density at radius 3 is 2.64 bits per heavy atom. The standard InChI is InChI=1S/C6H6O4.Cu/c7-2-4-1-5(8)6(9)3-10-4;/h1,3,7,9H,2H2;. The molecule has 1 aromatic rings. The van der Waals surface area contributed by atoms with E-state index in [1.54, 1.807) is 0 Å². The third-order valence-corrected chi connectivity index (χ3v) is 1.02. The summed E-state index contributed by atoms with van der Waals surface area (Å²) in [6.07, 6.45) is 0.897. The molecule has 0 fully saturated rings. The van der Waals surface area contributed by atoms with Crippen LogP contribution in [-0.2, 0) is 23.7 Å². The van der Waals surface area contributed by atoms with Gasteiger partial charge in [0.25, 0.3) is 0 Å². The molecule has 0 aliphatic rings. The van der Waals surface area contributed by atoms with E-state index < -0.39 is 11.2 Å². The van der Waals surface area contributed by atoms with E-state index in [9.17, 15) is 4.79 Å². The van der Waals surface area contributed by atoms with Gasteiger partial charge in [0.05, 0.1) is 0 Å². The average molecular weight is 206 g/mol. The van der Waals surface area contributed by atoms with E-state index >= 15 is 0 Å². The van der Waals surface area contributed by atoms with Crippen molar-refractivity contribution in [1.82, 2.24) is 0 Å². The Kier molecular flexibility index (Phi) is 3.89. The van der Waals surface area contributed by atoms with Crippen LogP contribution in [-0.4, -0.2) is 10.2 Å². The largest absolute Gasteiger partial charge is 0.502 e. The molecule has 1 heterocycles. The number of aliphatic hydroxyl groups excluding tert-OH is 1. The minimum absolute atomic E-state index is 0. The van der Waals surface area contributed by atoms with Crippen LogP contribution in [0.25, 0.3) is 0 Å². The minimum Gasteiger partial charge on any atom is -0.502 e. The molecule has 5 heteroatoms. The van der Waals surface area contributed by atoms with Gasteiger partial charge in [-0.3, -0.25) is 4.79 Å². The smallest absolute Gasteiger partial charge is 0.226 e. The van der Waals surface area contributed by atoms with Crippen LogP contribution in [0.3, 0.4) is 0 Å². The van der Waals surface area contributed by atoms with Crippen LogP contribution in [0.15, 0.2) is 21.5 Å². The number of aromatic hydroxyl groups is 1. The Balaban J connectivity index is 0.000001000. The van der Waals surface area contributed by atoms with Gasteiger partial charge in [-0.05, 0) is 0 Å². The number of aliphatic hydroxyl groups is 1. The van der Waals surface area contributed by atoms with E-state index in [-0.39, 0.29) is 29.4 Å².